The summed E-state index contributed by atoms with van der Waals surface area (Å²) in [4.78, 5) is 4.16. The zero-order valence-corrected chi connectivity index (χ0v) is 13.0. The maximum Gasteiger partial charge on any atom is 0.0263 e. The highest BCUT2D eigenvalue weighted by Crippen LogP contribution is 2.37. The second-order valence-electron chi connectivity index (χ2n) is 6.59. The maximum atomic E-state index is 3.63. The normalized spacial score (nSPS) is 30.3. The number of piperazine rings is 1. The Kier molecular flexibility index (Phi) is 3.63. The van der Waals surface area contributed by atoms with Crippen LogP contribution in [0, 0.1) is 0 Å². The largest absolute Gasteiger partial charge is 0.309 e. The van der Waals surface area contributed by atoms with Crippen LogP contribution in [-0.2, 0) is 6.42 Å². The van der Waals surface area contributed by atoms with Gasteiger partial charge in [0.05, 0.1) is 0 Å². The van der Waals surface area contributed by atoms with Crippen molar-refractivity contribution in [2.24, 2.45) is 0 Å². The van der Waals surface area contributed by atoms with Gasteiger partial charge in [-0.25, -0.2) is 0 Å². The van der Waals surface area contributed by atoms with Crippen LogP contribution in [0.2, 0.25) is 0 Å². The lowest BCUT2D eigenvalue weighted by atomic mass is 9.98. The molecule has 0 radical (unpaired) electrons. The van der Waals surface area contributed by atoms with Gasteiger partial charge in [0.15, 0.2) is 0 Å². The van der Waals surface area contributed by atoms with E-state index in [0.29, 0.717) is 6.04 Å². The number of nitrogens with one attached hydrogen (secondary N) is 1. The van der Waals surface area contributed by atoms with Crippen LogP contribution in [0.5, 0.6) is 0 Å². The van der Waals surface area contributed by atoms with Gasteiger partial charge in [0.1, 0.15) is 0 Å². The Labute approximate surface area is 121 Å². The second-order valence-corrected chi connectivity index (χ2v) is 7.94. The van der Waals surface area contributed by atoms with Gasteiger partial charge in [0.25, 0.3) is 0 Å². The van der Waals surface area contributed by atoms with Gasteiger partial charge in [0, 0.05) is 41.4 Å². The number of hydrogen-bond donors (Lipinski definition) is 1. The summed E-state index contributed by atoms with van der Waals surface area (Å²) in [5.41, 5.74) is 1.79. The number of hydrogen-bond acceptors (Lipinski definition) is 3. The quantitative estimate of drug-likeness (QED) is 0.894. The molecule has 104 valence electrons. The van der Waals surface area contributed by atoms with E-state index in [1.807, 2.05) is 0 Å². The molecule has 2 heterocycles. The lowest BCUT2D eigenvalue weighted by Gasteiger charge is -2.44. The molecule has 0 aliphatic carbocycles. The highest BCUT2D eigenvalue weighted by atomic mass is 32.2. The summed E-state index contributed by atoms with van der Waals surface area (Å²) in [6, 6.07) is 9.53. The summed E-state index contributed by atoms with van der Waals surface area (Å²) in [5, 5.41) is 4.36. The lowest BCUT2D eigenvalue weighted by molar-refractivity contribution is 0.105. The lowest BCUT2D eigenvalue weighted by Crippen LogP contribution is -2.61. The molecule has 0 aromatic heterocycles. The Morgan fingerprint density at radius 1 is 1.37 bits per heavy atom. The van der Waals surface area contributed by atoms with Crippen molar-refractivity contribution in [3.8, 4) is 0 Å². The Balaban J connectivity index is 1.64. The smallest absolute Gasteiger partial charge is 0.0263 e. The van der Waals surface area contributed by atoms with Gasteiger partial charge in [0.2, 0.25) is 0 Å². The minimum atomic E-state index is 0.253. The summed E-state index contributed by atoms with van der Waals surface area (Å²) < 4.78 is 0. The monoisotopic (exact) mass is 276 g/mol. The first-order valence-electron chi connectivity index (χ1n) is 7.27. The van der Waals surface area contributed by atoms with Crippen molar-refractivity contribution in [1.29, 1.82) is 0 Å². The van der Waals surface area contributed by atoms with Crippen molar-refractivity contribution < 1.29 is 0 Å². The SMILES string of the molecule is CC1CNC(C)(C)CN1CC1Cc2ccccc2S1. The summed E-state index contributed by atoms with van der Waals surface area (Å²) in [6.07, 6.45) is 1.23. The van der Waals surface area contributed by atoms with Crippen molar-refractivity contribution in [3.63, 3.8) is 0 Å². The van der Waals surface area contributed by atoms with Gasteiger partial charge < -0.3 is 5.32 Å². The summed E-state index contributed by atoms with van der Waals surface area (Å²) in [5.74, 6) is 0. The van der Waals surface area contributed by atoms with Crippen LogP contribution >= 0.6 is 11.8 Å². The molecule has 2 atom stereocenters. The fourth-order valence-electron chi connectivity index (χ4n) is 3.13. The third kappa shape index (κ3) is 2.99. The van der Waals surface area contributed by atoms with Crippen LogP contribution in [0.25, 0.3) is 0 Å². The van der Waals surface area contributed by atoms with Crippen molar-refractivity contribution >= 4 is 11.8 Å². The van der Waals surface area contributed by atoms with E-state index in [1.165, 1.54) is 17.9 Å². The van der Waals surface area contributed by atoms with E-state index < -0.39 is 0 Å². The van der Waals surface area contributed by atoms with Crippen LogP contribution in [0.1, 0.15) is 26.3 Å². The molecule has 0 amide bonds. The molecule has 2 unspecified atom stereocenters. The Hall–Kier alpha value is -0.510. The number of fused-ring (bicyclic) bond motifs is 1. The molecule has 3 heteroatoms. The van der Waals surface area contributed by atoms with E-state index in [-0.39, 0.29) is 5.54 Å². The molecule has 3 rings (SSSR count). The fourth-order valence-corrected chi connectivity index (χ4v) is 4.48. The molecule has 2 aliphatic heterocycles. The van der Waals surface area contributed by atoms with E-state index in [4.69, 9.17) is 0 Å². The van der Waals surface area contributed by atoms with E-state index >= 15 is 0 Å². The standard InChI is InChI=1S/C16H24N2S/c1-12-9-17-16(2,3)11-18(12)10-14-8-13-6-4-5-7-15(13)19-14/h4-7,12,14,17H,8-11H2,1-3H3. The number of benzene rings is 1. The van der Waals surface area contributed by atoms with Gasteiger partial charge >= 0.3 is 0 Å². The first-order valence-corrected chi connectivity index (χ1v) is 8.15. The van der Waals surface area contributed by atoms with E-state index in [9.17, 15) is 0 Å². The number of nitrogens with zero attached hydrogens (tertiary/aromatic N) is 1. The molecular weight excluding hydrogens is 252 g/mol. The first-order chi connectivity index (χ1) is 9.03. The molecule has 2 aliphatic rings. The van der Waals surface area contributed by atoms with Crippen molar-refractivity contribution in [2.45, 2.75) is 48.9 Å². The number of thioether (sulfide) groups is 1. The van der Waals surface area contributed by atoms with Crippen LogP contribution < -0.4 is 5.32 Å². The molecule has 0 spiro atoms. The molecule has 1 aromatic carbocycles. The minimum absolute atomic E-state index is 0.253. The average Bonchev–Trinajstić information content (AvgIpc) is 2.76. The molecule has 1 N–H and O–H groups in total. The first kappa shape index (κ1) is 13.5. The van der Waals surface area contributed by atoms with Gasteiger partial charge in [-0.2, -0.15) is 0 Å². The molecule has 19 heavy (non-hydrogen) atoms. The van der Waals surface area contributed by atoms with Gasteiger partial charge in [-0.1, -0.05) is 18.2 Å². The topological polar surface area (TPSA) is 15.3 Å². The van der Waals surface area contributed by atoms with Crippen molar-refractivity contribution in [2.75, 3.05) is 19.6 Å². The van der Waals surface area contributed by atoms with Crippen LogP contribution in [0.15, 0.2) is 29.2 Å². The molecule has 1 fully saturated rings. The zero-order chi connectivity index (χ0) is 13.5. The molecular formula is C16H24N2S. The van der Waals surface area contributed by atoms with Gasteiger partial charge in [-0.15, -0.1) is 11.8 Å². The fraction of sp³-hybridized carbons (Fsp3) is 0.625. The predicted octanol–water partition coefficient (Wildman–Crippen LogP) is 2.78. The molecule has 1 aromatic rings. The molecule has 0 saturated carbocycles. The Bertz CT molecular complexity index is 433. The summed E-state index contributed by atoms with van der Waals surface area (Å²) in [7, 11) is 0. The van der Waals surface area contributed by atoms with Crippen molar-refractivity contribution in [3.05, 3.63) is 29.8 Å². The van der Waals surface area contributed by atoms with Gasteiger partial charge in [-0.3, -0.25) is 4.90 Å². The van der Waals surface area contributed by atoms with Crippen molar-refractivity contribution in [1.82, 2.24) is 10.2 Å². The second kappa shape index (κ2) is 5.12. The third-order valence-corrected chi connectivity index (χ3v) is 5.55. The Morgan fingerprint density at radius 2 is 2.16 bits per heavy atom. The Morgan fingerprint density at radius 3 is 2.95 bits per heavy atom. The van der Waals surface area contributed by atoms with E-state index in [0.717, 1.165) is 18.3 Å². The van der Waals surface area contributed by atoms with Gasteiger partial charge in [-0.05, 0) is 38.8 Å². The molecule has 1 saturated heterocycles. The van der Waals surface area contributed by atoms with E-state index in [2.05, 4.69) is 67.0 Å². The maximum absolute atomic E-state index is 3.63. The highest BCUT2D eigenvalue weighted by Gasteiger charge is 2.33. The summed E-state index contributed by atoms with van der Waals surface area (Å²) in [6.45, 7) is 10.4. The van der Waals surface area contributed by atoms with Crippen LogP contribution in [-0.4, -0.2) is 41.4 Å². The third-order valence-electron chi connectivity index (χ3n) is 4.25. The average molecular weight is 276 g/mol. The number of rotatable bonds is 2. The molecule has 2 nitrogen and oxygen atoms in total. The minimum Gasteiger partial charge on any atom is -0.309 e. The van der Waals surface area contributed by atoms with Crippen LogP contribution in [0.4, 0.5) is 0 Å². The molecule has 0 bridgehead atoms. The highest BCUT2D eigenvalue weighted by molar-refractivity contribution is 8.00. The van der Waals surface area contributed by atoms with E-state index in [1.54, 1.807) is 5.56 Å². The van der Waals surface area contributed by atoms with Crippen LogP contribution in [0.3, 0.4) is 0 Å². The zero-order valence-electron chi connectivity index (χ0n) is 12.1. The summed E-state index contributed by atoms with van der Waals surface area (Å²) >= 11 is 2.07. The predicted molar refractivity (Wildman–Crippen MR) is 82.9 cm³/mol.